The fourth-order valence-corrected chi connectivity index (χ4v) is 4.48. The van der Waals surface area contributed by atoms with Crippen molar-refractivity contribution in [3.8, 4) is 0 Å². The van der Waals surface area contributed by atoms with Gasteiger partial charge in [-0.25, -0.2) is 0 Å². The predicted molar refractivity (Wildman–Crippen MR) is 102 cm³/mol. The van der Waals surface area contributed by atoms with E-state index in [0.29, 0.717) is 31.2 Å². The smallest absolute Gasteiger partial charge is 0.228 e. The molecule has 2 fully saturated rings. The molecule has 2 amide bonds. The van der Waals surface area contributed by atoms with Crippen LogP contribution in [0.4, 0.5) is 10.3 Å². The molecule has 4 rings (SSSR count). The first kappa shape index (κ1) is 18.0. The summed E-state index contributed by atoms with van der Waals surface area (Å²) in [5.74, 6) is 1.66. The molecule has 144 valence electrons. The van der Waals surface area contributed by atoms with E-state index in [2.05, 4.69) is 20.4 Å². The monoisotopic (exact) mass is 389 g/mol. The Labute approximate surface area is 161 Å². The molecule has 2 saturated heterocycles. The lowest BCUT2D eigenvalue weighted by molar-refractivity contribution is -0.125. The van der Waals surface area contributed by atoms with Crippen molar-refractivity contribution in [1.29, 1.82) is 0 Å². The summed E-state index contributed by atoms with van der Waals surface area (Å²) in [7, 11) is 0. The molecular formula is C18H23N5O3S. The van der Waals surface area contributed by atoms with Crippen molar-refractivity contribution in [2.24, 2.45) is 5.92 Å². The van der Waals surface area contributed by atoms with Gasteiger partial charge in [-0.15, -0.1) is 10.2 Å². The highest BCUT2D eigenvalue weighted by atomic mass is 32.1. The molecule has 1 N–H and O–H groups in total. The second-order valence-electron chi connectivity index (χ2n) is 7.03. The fourth-order valence-electron chi connectivity index (χ4n) is 3.56. The molecule has 1 unspecified atom stereocenters. The van der Waals surface area contributed by atoms with Crippen LogP contribution in [0, 0.1) is 12.8 Å². The number of aromatic nitrogens is 2. The van der Waals surface area contributed by atoms with E-state index in [1.54, 1.807) is 4.90 Å². The number of piperidine rings is 1. The zero-order valence-corrected chi connectivity index (χ0v) is 16.1. The second kappa shape index (κ2) is 7.67. The van der Waals surface area contributed by atoms with Gasteiger partial charge in [0, 0.05) is 26.1 Å². The highest BCUT2D eigenvalue weighted by Gasteiger charge is 2.30. The van der Waals surface area contributed by atoms with Crippen LogP contribution in [0.25, 0.3) is 0 Å². The summed E-state index contributed by atoms with van der Waals surface area (Å²) in [6, 6.07) is 3.77. The van der Waals surface area contributed by atoms with Crippen molar-refractivity contribution in [2.45, 2.75) is 39.2 Å². The average molecular weight is 389 g/mol. The van der Waals surface area contributed by atoms with Gasteiger partial charge in [-0.05, 0) is 38.3 Å². The maximum Gasteiger partial charge on any atom is 0.228 e. The van der Waals surface area contributed by atoms with Crippen molar-refractivity contribution in [2.75, 3.05) is 29.4 Å². The molecule has 2 aromatic rings. The molecule has 0 spiro atoms. The standard InChI is InChI=1S/C18H23N5O3S/c1-12-6-7-14(26-12)10-19-16(25)13-4-2-8-22(11-13)17-20-21-18(27-17)23-9-3-5-15(23)24/h6-7,13H,2-5,8-11H2,1H3,(H,19,25). The van der Waals surface area contributed by atoms with Crippen LogP contribution < -0.4 is 15.1 Å². The molecule has 0 radical (unpaired) electrons. The lowest BCUT2D eigenvalue weighted by Gasteiger charge is -2.31. The number of amides is 2. The van der Waals surface area contributed by atoms with E-state index in [0.717, 1.165) is 42.5 Å². The first-order valence-electron chi connectivity index (χ1n) is 9.32. The van der Waals surface area contributed by atoms with Gasteiger partial charge in [-0.2, -0.15) is 0 Å². The third-order valence-electron chi connectivity index (χ3n) is 5.00. The maximum absolute atomic E-state index is 12.5. The van der Waals surface area contributed by atoms with Gasteiger partial charge >= 0.3 is 0 Å². The number of anilines is 2. The highest BCUT2D eigenvalue weighted by molar-refractivity contribution is 7.19. The van der Waals surface area contributed by atoms with E-state index in [1.165, 1.54) is 11.3 Å². The van der Waals surface area contributed by atoms with Crippen LogP contribution in [-0.4, -0.2) is 41.6 Å². The summed E-state index contributed by atoms with van der Waals surface area (Å²) < 4.78 is 5.50. The van der Waals surface area contributed by atoms with Crippen LogP contribution >= 0.6 is 11.3 Å². The molecule has 2 aliphatic heterocycles. The number of nitrogens with one attached hydrogen (secondary N) is 1. The Kier molecular flexibility index (Phi) is 5.11. The summed E-state index contributed by atoms with van der Waals surface area (Å²) in [6.45, 7) is 4.47. The van der Waals surface area contributed by atoms with E-state index < -0.39 is 0 Å². The summed E-state index contributed by atoms with van der Waals surface area (Å²) >= 11 is 1.43. The topological polar surface area (TPSA) is 91.6 Å². The number of carbonyl (C=O) groups excluding carboxylic acids is 2. The Morgan fingerprint density at radius 2 is 2.15 bits per heavy atom. The van der Waals surface area contributed by atoms with Crippen LogP contribution in [0.15, 0.2) is 16.5 Å². The first-order chi connectivity index (χ1) is 13.1. The zero-order valence-electron chi connectivity index (χ0n) is 15.3. The van der Waals surface area contributed by atoms with Crippen molar-refractivity contribution in [1.82, 2.24) is 15.5 Å². The summed E-state index contributed by atoms with van der Waals surface area (Å²) in [6.07, 6.45) is 3.23. The molecule has 9 heteroatoms. The fraction of sp³-hybridized carbons (Fsp3) is 0.556. The van der Waals surface area contributed by atoms with E-state index in [-0.39, 0.29) is 17.7 Å². The van der Waals surface area contributed by atoms with Crippen molar-refractivity contribution >= 4 is 33.4 Å². The lowest BCUT2D eigenvalue weighted by atomic mass is 9.97. The Bertz CT molecular complexity index is 833. The van der Waals surface area contributed by atoms with Gasteiger partial charge in [0.1, 0.15) is 11.5 Å². The number of hydrogen-bond acceptors (Lipinski definition) is 7. The molecule has 4 heterocycles. The Morgan fingerprint density at radius 1 is 1.30 bits per heavy atom. The predicted octanol–water partition coefficient (Wildman–Crippen LogP) is 2.10. The number of aryl methyl sites for hydroxylation is 1. The molecule has 0 aliphatic carbocycles. The molecule has 27 heavy (non-hydrogen) atoms. The Hall–Kier alpha value is -2.42. The summed E-state index contributed by atoms with van der Waals surface area (Å²) in [5, 5.41) is 12.9. The van der Waals surface area contributed by atoms with Crippen molar-refractivity contribution in [3.05, 3.63) is 23.7 Å². The third kappa shape index (κ3) is 3.97. The van der Waals surface area contributed by atoms with E-state index in [4.69, 9.17) is 4.42 Å². The van der Waals surface area contributed by atoms with Gasteiger partial charge in [-0.1, -0.05) is 11.3 Å². The second-order valence-corrected chi connectivity index (χ2v) is 7.97. The molecule has 2 aliphatic rings. The minimum absolute atomic E-state index is 0.0354. The van der Waals surface area contributed by atoms with Gasteiger partial charge < -0.3 is 14.6 Å². The first-order valence-corrected chi connectivity index (χ1v) is 10.1. The molecular weight excluding hydrogens is 366 g/mol. The molecule has 0 saturated carbocycles. The van der Waals surface area contributed by atoms with Crippen LogP contribution in [0.2, 0.25) is 0 Å². The number of hydrogen-bond donors (Lipinski definition) is 1. The zero-order chi connectivity index (χ0) is 18.8. The van der Waals surface area contributed by atoms with Crippen LogP contribution in [-0.2, 0) is 16.1 Å². The van der Waals surface area contributed by atoms with E-state index in [9.17, 15) is 9.59 Å². The number of carbonyl (C=O) groups is 2. The quantitative estimate of drug-likeness (QED) is 0.842. The molecule has 2 aromatic heterocycles. The number of nitrogens with zero attached hydrogens (tertiary/aromatic N) is 4. The summed E-state index contributed by atoms with van der Waals surface area (Å²) in [4.78, 5) is 28.2. The van der Waals surface area contributed by atoms with Crippen LogP contribution in [0.5, 0.6) is 0 Å². The number of rotatable bonds is 5. The lowest BCUT2D eigenvalue weighted by Crippen LogP contribution is -2.42. The minimum atomic E-state index is -0.0874. The van der Waals surface area contributed by atoms with Gasteiger partial charge in [0.25, 0.3) is 0 Å². The van der Waals surface area contributed by atoms with E-state index >= 15 is 0 Å². The van der Waals surface area contributed by atoms with Crippen LogP contribution in [0.1, 0.15) is 37.2 Å². The van der Waals surface area contributed by atoms with Gasteiger partial charge in [0.05, 0.1) is 12.5 Å². The maximum atomic E-state index is 12.5. The summed E-state index contributed by atoms with van der Waals surface area (Å²) in [5.41, 5.74) is 0. The molecule has 1 atom stereocenters. The largest absolute Gasteiger partial charge is 0.465 e. The highest BCUT2D eigenvalue weighted by Crippen LogP contribution is 2.32. The van der Waals surface area contributed by atoms with E-state index in [1.807, 2.05) is 19.1 Å². The van der Waals surface area contributed by atoms with Crippen LogP contribution in [0.3, 0.4) is 0 Å². The molecule has 8 nitrogen and oxygen atoms in total. The number of furan rings is 1. The molecule has 0 aromatic carbocycles. The average Bonchev–Trinajstić information content (AvgIpc) is 3.40. The van der Waals surface area contributed by atoms with Gasteiger partial charge in [-0.3, -0.25) is 14.5 Å². The van der Waals surface area contributed by atoms with Crippen molar-refractivity contribution in [3.63, 3.8) is 0 Å². The van der Waals surface area contributed by atoms with Gasteiger partial charge in [0.2, 0.25) is 22.1 Å². The normalized spacial score (nSPS) is 20.3. The van der Waals surface area contributed by atoms with Gasteiger partial charge in [0.15, 0.2) is 0 Å². The Morgan fingerprint density at radius 3 is 2.89 bits per heavy atom. The van der Waals surface area contributed by atoms with Crippen molar-refractivity contribution < 1.29 is 14.0 Å². The minimum Gasteiger partial charge on any atom is -0.465 e. The SMILES string of the molecule is Cc1ccc(CNC(=O)C2CCCN(c3nnc(N4CCCC4=O)s3)C2)o1. The third-order valence-corrected chi connectivity index (χ3v) is 6.01. The Balaban J connectivity index is 1.35. The molecule has 0 bridgehead atoms.